The first-order valence-corrected chi connectivity index (χ1v) is 5.47. The lowest BCUT2D eigenvalue weighted by atomic mass is 10.1. The molecule has 0 radical (unpaired) electrons. The van der Waals surface area contributed by atoms with Gasteiger partial charge in [-0.3, -0.25) is 0 Å². The summed E-state index contributed by atoms with van der Waals surface area (Å²) in [5.41, 5.74) is 8.04. The summed E-state index contributed by atoms with van der Waals surface area (Å²) in [6.07, 6.45) is 3.29. The third-order valence-corrected chi connectivity index (χ3v) is 3.04. The highest BCUT2D eigenvalue weighted by atomic mass is 16.3. The standard InChI is InChI=1S/C12H18N2O/c1-8-6-11(15)4-5-12(8)14-10-3-2-9(13)7-10/h4-6,9-10,14-15H,2-3,7,13H2,1H3. The number of phenolic OH excluding ortho intramolecular Hbond substituents is 1. The van der Waals surface area contributed by atoms with Crippen LogP contribution in [0.15, 0.2) is 18.2 Å². The van der Waals surface area contributed by atoms with Crippen LogP contribution in [-0.2, 0) is 0 Å². The summed E-state index contributed by atoms with van der Waals surface area (Å²) in [7, 11) is 0. The van der Waals surface area contributed by atoms with Crippen molar-refractivity contribution in [3.8, 4) is 5.75 Å². The average molecular weight is 206 g/mol. The van der Waals surface area contributed by atoms with Gasteiger partial charge in [0.1, 0.15) is 5.75 Å². The number of rotatable bonds is 2. The minimum absolute atomic E-state index is 0.321. The number of aromatic hydroxyl groups is 1. The van der Waals surface area contributed by atoms with Crippen molar-refractivity contribution in [2.24, 2.45) is 5.73 Å². The minimum Gasteiger partial charge on any atom is -0.508 e. The average Bonchev–Trinajstić information content (AvgIpc) is 2.56. The van der Waals surface area contributed by atoms with Gasteiger partial charge in [-0.05, 0) is 49.9 Å². The van der Waals surface area contributed by atoms with Gasteiger partial charge in [0.25, 0.3) is 0 Å². The number of phenols is 1. The van der Waals surface area contributed by atoms with Crippen LogP contribution in [0.2, 0.25) is 0 Å². The van der Waals surface area contributed by atoms with E-state index >= 15 is 0 Å². The number of hydrogen-bond acceptors (Lipinski definition) is 3. The Morgan fingerprint density at radius 1 is 1.40 bits per heavy atom. The number of benzene rings is 1. The number of nitrogens with one attached hydrogen (secondary N) is 1. The van der Waals surface area contributed by atoms with Crippen molar-refractivity contribution >= 4 is 5.69 Å². The number of anilines is 1. The number of hydrogen-bond donors (Lipinski definition) is 3. The van der Waals surface area contributed by atoms with E-state index in [-0.39, 0.29) is 0 Å². The summed E-state index contributed by atoms with van der Waals surface area (Å²) in [4.78, 5) is 0. The van der Waals surface area contributed by atoms with Gasteiger partial charge in [0.05, 0.1) is 0 Å². The molecule has 15 heavy (non-hydrogen) atoms. The first kappa shape index (κ1) is 10.3. The normalized spacial score (nSPS) is 25.5. The van der Waals surface area contributed by atoms with Crippen LogP contribution in [0.3, 0.4) is 0 Å². The Morgan fingerprint density at radius 2 is 2.20 bits per heavy atom. The lowest BCUT2D eigenvalue weighted by Gasteiger charge is -2.16. The largest absolute Gasteiger partial charge is 0.508 e. The molecule has 0 bridgehead atoms. The summed E-state index contributed by atoms with van der Waals surface area (Å²) >= 11 is 0. The van der Waals surface area contributed by atoms with E-state index in [4.69, 9.17) is 5.73 Å². The second-order valence-corrected chi connectivity index (χ2v) is 4.41. The summed E-state index contributed by atoms with van der Waals surface area (Å²) in [6, 6.07) is 6.25. The van der Waals surface area contributed by atoms with Crippen molar-refractivity contribution < 1.29 is 5.11 Å². The van der Waals surface area contributed by atoms with Crippen LogP contribution in [-0.4, -0.2) is 17.2 Å². The third kappa shape index (κ3) is 2.42. The molecule has 0 aromatic heterocycles. The molecule has 2 atom stereocenters. The van der Waals surface area contributed by atoms with Crippen molar-refractivity contribution in [1.29, 1.82) is 0 Å². The molecule has 0 aliphatic heterocycles. The van der Waals surface area contributed by atoms with E-state index in [1.807, 2.05) is 13.0 Å². The second-order valence-electron chi connectivity index (χ2n) is 4.41. The maximum Gasteiger partial charge on any atom is 0.115 e. The van der Waals surface area contributed by atoms with Gasteiger partial charge in [-0.1, -0.05) is 0 Å². The van der Waals surface area contributed by atoms with E-state index < -0.39 is 0 Å². The fourth-order valence-corrected chi connectivity index (χ4v) is 2.18. The Balaban J connectivity index is 2.04. The Hall–Kier alpha value is -1.22. The van der Waals surface area contributed by atoms with Gasteiger partial charge in [-0.25, -0.2) is 0 Å². The monoisotopic (exact) mass is 206 g/mol. The van der Waals surface area contributed by atoms with Crippen molar-refractivity contribution in [2.45, 2.75) is 38.3 Å². The lowest BCUT2D eigenvalue weighted by Crippen LogP contribution is -2.21. The van der Waals surface area contributed by atoms with E-state index in [0.29, 0.717) is 17.8 Å². The van der Waals surface area contributed by atoms with Crippen LogP contribution in [0.1, 0.15) is 24.8 Å². The van der Waals surface area contributed by atoms with Crippen LogP contribution in [0.5, 0.6) is 5.75 Å². The Bertz CT molecular complexity index is 351. The Kier molecular flexibility index (Phi) is 2.82. The topological polar surface area (TPSA) is 58.3 Å². The van der Waals surface area contributed by atoms with Crippen LogP contribution in [0.4, 0.5) is 5.69 Å². The van der Waals surface area contributed by atoms with Crippen molar-refractivity contribution in [2.75, 3.05) is 5.32 Å². The maximum atomic E-state index is 9.29. The van der Waals surface area contributed by atoms with Gasteiger partial charge in [-0.2, -0.15) is 0 Å². The summed E-state index contributed by atoms with van der Waals surface area (Å²) in [5.74, 6) is 0.321. The second kappa shape index (κ2) is 4.11. The van der Waals surface area contributed by atoms with Gasteiger partial charge in [-0.15, -0.1) is 0 Å². The van der Waals surface area contributed by atoms with Gasteiger partial charge >= 0.3 is 0 Å². The molecule has 0 spiro atoms. The molecule has 1 fully saturated rings. The van der Waals surface area contributed by atoms with E-state index in [1.165, 1.54) is 0 Å². The van der Waals surface area contributed by atoms with E-state index in [1.54, 1.807) is 12.1 Å². The zero-order valence-electron chi connectivity index (χ0n) is 9.03. The molecule has 0 saturated heterocycles. The molecule has 4 N–H and O–H groups in total. The third-order valence-electron chi connectivity index (χ3n) is 3.04. The summed E-state index contributed by atoms with van der Waals surface area (Å²) < 4.78 is 0. The van der Waals surface area contributed by atoms with Gasteiger partial charge in [0.15, 0.2) is 0 Å². The quantitative estimate of drug-likeness (QED) is 0.649. The fraction of sp³-hybridized carbons (Fsp3) is 0.500. The lowest BCUT2D eigenvalue weighted by molar-refractivity contribution is 0.475. The highest BCUT2D eigenvalue weighted by Gasteiger charge is 2.21. The summed E-state index contributed by atoms with van der Waals surface area (Å²) in [5, 5.41) is 12.8. The highest BCUT2D eigenvalue weighted by molar-refractivity contribution is 5.54. The van der Waals surface area contributed by atoms with E-state index in [9.17, 15) is 5.11 Å². The summed E-state index contributed by atoms with van der Waals surface area (Å²) in [6.45, 7) is 2.00. The van der Waals surface area contributed by atoms with Crippen LogP contribution in [0, 0.1) is 6.92 Å². The predicted molar refractivity (Wildman–Crippen MR) is 62.1 cm³/mol. The van der Waals surface area contributed by atoms with Gasteiger partial charge < -0.3 is 16.2 Å². The zero-order valence-corrected chi connectivity index (χ0v) is 9.03. The Morgan fingerprint density at radius 3 is 2.80 bits per heavy atom. The van der Waals surface area contributed by atoms with Crippen LogP contribution >= 0.6 is 0 Å². The molecule has 3 nitrogen and oxygen atoms in total. The molecule has 2 rings (SSSR count). The fourth-order valence-electron chi connectivity index (χ4n) is 2.18. The molecule has 0 heterocycles. The van der Waals surface area contributed by atoms with Crippen LogP contribution < -0.4 is 11.1 Å². The first-order valence-electron chi connectivity index (χ1n) is 5.47. The molecule has 1 aromatic carbocycles. The Labute approximate surface area is 90.3 Å². The van der Waals surface area contributed by atoms with Crippen molar-refractivity contribution in [3.63, 3.8) is 0 Å². The minimum atomic E-state index is 0.321. The van der Waals surface area contributed by atoms with E-state index in [0.717, 1.165) is 30.5 Å². The maximum absolute atomic E-state index is 9.29. The SMILES string of the molecule is Cc1cc(O)ccc1NC1CCC(N)C1. The van der Waals surface area contributed by atoms with Gasteiger partial charge in [0.2, 0.25) is 0 Å². The first-order chi connectivity index (χ1) is 7.15. The van der Waals surface area contributed by atoms with Crippen molar-refractivity contribution in [1.82, 2.24) is 0 Å². The predicted octanol–water partition coefficient (Wildman–Crippen LogP) is 1.99. The molecule has 1 aromatic rings. The number of nitrogens with two attached hydrogens (primary N) is 1. The molecule has 1 saturated carbocycles. The van der Waals surface area contributed by atoms with Crippen LogP contribution in [0.25, 0.3) is 0 Å². The molecule has 82 valence electrons. The molecule has 3 heteroatoms. The highest BCUT2D eigenvalue weighted by Crippen LogP contribution is 2.25. The molecule has 1 aliphatic carbocycles. The van der Waals surface area contributed by atoms with E-state index in [2.05, 4.69) is 5.32 Å². The molecular weight excluding hydrogens is 188 g/mol. The zero-order chi connectivity index (χ0) is 10.8. The molecule has 2 unspecified atom stereocenters. The van der Waals surface area contributed by atoms with Gasteiger partial charge in [0, 0.05) is 17.8 Å². The molecule has 0 amide bonds. The number of aryl methyl sites for hydroxylation is 1. The van der Waals surface area contributed by atoms with Crippen molar-refractivity contribution in [3.05, 3.63) is 23.8 Å². The molecule has 1 aliphatic rings. The smallest absolute Gasteiger partial charge is 0.115 e. The molecular formula is C12H18N2O.